The fourth-order valence-electron chi connectivity index (χ4n) is 4.47. The number of fused-ring (bicyclic) bond motifs is 1. The molecular weight excluding hydrogens is 487 g/mol. The van der Waals surface area contributed by atoms with Crippen molar-refractivity contribution < 1.29 is 18.8 Å². The molecule has 3 aromatic rings. The predicted octanol–water partition coefficient (Wildman–Crippen LogP) is 3.09. The van der Waals surface area contributed by atoms with Crippen LogP contribution >= 0.6 is 0 Å². The summed E-state index contributed by atoms with van der Waals surface area (Å²) in [4.78, 5) is 41.8. The Morgan fingerprint density at radius 2 is 1.76 bits per heavy atom. The van der Waals surface area contributed by atoms with Gasteiger partial charge >= 0.3 is 0 Å². The molecule has 198 valence electrons. The van der Waals surface area contributed by atoms with Gasteiger partial charge in [0.15, 0.2) is 5.69 Å². The summed E-state index contributed by atoms with van der Waals surface area (Å²) in [6.07, 6.45) is 0.404. The van der Waals surface area contributed by atoms with Crippen molar-refractivity contribution in [2.45, 2.75) is 46.7 Å². The van der Waals surface area contributed by atoms with Crippen molar-refractivity contribution in [1.82, 2.24) is 20.4 Å². The first kappa shape index (κ1) is 26.7. The van der Waals surface area contributed by atoms with Gasteiger partial charge < -0.3 is 16.4 Å². The van der Waals surface area contributed by atoms with Crippen LogP contribution < -0.4 is 16.4 Å². The zero-order chi connectivity index (χ0) is 27.6. The first-order chi connectivity index (χ1) is 17.9. The van der Waals surface area contributed by atoms with Crippen molar-refractivity contribution in [3.8, 4) is 0 Å². The summed E-state index contributed by atoms with van der Waals surface area (Å²) in [7, 11) is 0. The van der Waals surface area contributed by atoms with Gasteiger partial charge in [0.2, 0.25) is 5.91 Å². The fraction of sp³-hybridized carbons (Fsp3) is 0.321. The summed E-state index contributed by atoms with van der Waals surface area (Å²) in [5.41, 5.74) is 8.19. The molecule has 0 fully saturated rings. The number of halogens is 1. The van der Waals surface area contributed by atoms with Crippen molar-refractivity contribution in [3.05, 3.63) is 76.9 Å². The van der Waals surface area contributed by atoms with Gasteiger partial charge in [-0.3, -0.25) is 19.1 Å². The molecule has 9 nitrogen and oxygen atoms in total. The molecule has 4 rings (SSSR count). The Morgan fingerprint density at radius 3 is 2.42 bits per heavy atom. The molecule has 1 aliphatic heterocycles. The highest BCUT2D eigenvalue weighted by Crippen LogP contribution is 2.29. The zero-order valence-electron chi connectivity index (χ0n) is 21.8. The van der Waals surface area contributed by atoms with Gasteiger partial charge in [0.1, 0.15) is 11.5 Å². The summed E-state index contributed by atoms with van der Waals surface area (Å²) in [5.74, 6) is -1.82. The number of nitrogens with one attached hydrogen (secondary N) is 2. The molecule has 1 aromatic heterocycles. The van der Waals surface area contributed by atoms with Crippen molar-refractivity contribution in [1.29, 1.82) is 0 Å². The average Bonchev–Trinajstić information content (AvgIpc) is 3.42. The lowest BCUT2D eigenvalue weighted by atomic mass is 9.82. The fourth-order valence-corrected chi connectivity index (χ4v) is 4.47. The molecule has 1 aliphatic rings. The number of hydrogen-bond acceptors (Lipinski definition) is 5. The quantitative estimate of drug-likeness (QED) is 0.423. The molecule has 10 heteroatoms. The molecule has 38 heavy (non-hydrogen) atoms. The average molecular weight is 519 g/mol. The molecule has 2 aromatic carbocycles. The second-order valence-electron chi connectivity index (χ2n) is 10.5. The second-order valence-corrected chi connectivity index (χ2v) is 10.5. The van der Waals surface area contributed by atoms with E-state index in [1.54, 1.807) is 23.7 Å². The highest BCUT2D eigenvalue weighted by molar-refractivity contribution is 6.09. The van der Waals surface area contributed by atoms with E-state index in [4.69, 9.17) is 5.73 Å². The Bertz CT molecular complexity index is 1460. The Balaban J connectivity index is 1.61. The number of carbonyl (C=O) groups is 3. The van der Waals surface area contributed by atoms with Gasteiger partial charge in [0.25, 0.3) is 11.8 Å². The lowest BCUT2D eigenvalue weighted by Gasteiger charge is -2.31. The molecule has 1 unspecified atom stereocenters. The lowest BCUT2D eigenvalue weighted by molar-refractivity contribution is -0.122. The predicted molar refractivity (Wildman–Crippen MR) is 143 cm³/mol. The van der Waals surface area contributed by atoms with Crippen molar-refractivity contribution in [2.75, 3.05) is 6.54 Å². The van der Waals surface area contributed by atoms with E-state index in [2.05, 4.69) is 20.7 Å². The number of hydrogen-bond donors (Lipinski definition) is 3. The summed E-state index contributed by atoms with van der Waals surface area (Å²) in [6, 6.07) is 13.1. The van der Waals surface area contributed by atoms with E-state index >= 15 is 0 Å². The Morgan fingerprint density at radius 1 is 1.08 bits per heavy atom. The minimum atomic E-state index is -0.648. The third kappa shape index (κ3) is 5.80. The minimum Gasteiger partial charge on any atom is -0.368 e. The first-order valence-corrected chi connectivity index (χ1v) is 12.3. The number of para-hydroxylation sites is 1. The smallest absolute Gasteiger partial charge is 0.272 e. The van der Waals surface area contributed by atoms with Crippen molar-refractivity contribution in [3.63, 3.8) is 0 Å². The third-order valence-corrected chi connectivity index (χ3v) is 6.34. The van der Waals surface area contributed by atoms with E-state index in [0.29, 0.717) is 24.1 Å². The van der Waals surface area contributed by atoms with Crippen LogP contribution in [-0.2, 0) is 16.1 Å². The second kappa shape index (κ2) is 10.6. The van der Waals surface area contributed by atoms with Crippen LogP contribution in [0.5, 0.6) is 0 Å². The van der Waals surface area contributed by atoms with E-state index in [9.17, 15) is 18.8 Å². The van der Waals surface area contributed by atoms with Crippen LogP contribution in [0.25, 0.3) is 10.9 Å². The van der Waals surface area contributed by atoms with Gasteiger partial charge in [-0.15, -0.1) is 0 Å². The molecular formula is C28H31FN6O3. The van der Waals surface area contributed by atoms with E-state index in [1.807, 2.05) is 45.0 Å². The van der Waals surface area contributed by atoms with Crippen LogP contribution in [0, 0.1) is 11.2 Å². The van der Waals surface area contributed by atoms with Crippen LogP contribution in [0.3, 0.4) is 0 Å². The highest BCUT2D eigenvalue weighted by Gasteiger charge is 2.35. The van der Waals surface area contributed by atoms with Crippen LogP contribution in [0.4, 0.5) is 4.39 Å². The number of amides is 3. The molecule has 0 bridgehead atoms. The molecule has 4 N–H and O–H groups in total. The first-order valence-electron chi connectivity index (χ1n) is 12.3. The molecule has 0 saturated heterocycles. The summed E-state index contributed by atoms with van der Waals surface area (Å²) in [5, 5.41) is 10.9. The molecule has 2 heterocycles. The van der Waals surface area contributed by atoms with Gasteiger partial charge in [0, 0.05) is 17.5 Å². The molecule has 0 aliphatic carbocycles. The van der Waals surface area contributed by atoms with Crippen LogP contribution in [0.15, 0.2) is 64.8 Å². The zero-order valence-corrected chi connectivity index (χ0v) is 21.8. The maximum atomic E-state index is 13.6. The van der Waals surface area contributed by atoms with Gasteiger partial charge in [-0.2, -0.15) is 5.10 Å². The van der Waals surface area contributed by atoms with Crippen LogP contribution in [0.2, 0.25) is 0 Å². The third-order valence-electron chi connectivity index (χ3n) is 6.34. The van der Waals surface area contributed by atoms with E-state index in [0.717, 1.165) is 16.7 Å². The van der Waals surface area contributed by atoms with Crippen LogP contribution in [-0.4, -0.2) is 45.8 Å². The topological polar surface area (TPSA) is 131 Å². The van der Waals surface area contributed by atoms with E-state index in [1.165, 1.54) is 12.1 Å². The standard InChI is InChI=1S/C28H31FN6O3/c1-16-13-20(32-23(16)26(37)31-14-22(30)36)25(28(2,3)4)33-27(38)24-19-7-5-6-8-21(19)35(34-24)15-17-9-11-18(29)12-10-17/h5-12,25H,13-15H2,1-4H3,(H2,30,36)(H,31,37)(H,33,38). The number of allylic oxidation sites excluding steroid dienone is 1. The largest absolute Gasteiger partial charge is 0.368 e. The molecule has 0 radical (unpaired) electrons. The number of benzene rings is 2. The number of nitrogens with two attached hydrogens (primary N) is 1. The van der Waals surface area contributed by atoms with E-state index < -0.39 is 23.3 Å². The lowest BCUT2D eigenvalue weighted by Crippen LogP contribution is -2.49. The molecule has 1 atom stereocenters. The summed E-state index contributed by atoms with van der Waals surface area (Å²) < 4.78 is 15.1. The number of aromatic nitrogens is 2. The molecule has 0 spiro atoms. The van der Waals surface area contributed by atoms with E-state index in [-0.39, 0.29) is 29.7 Å². The van der Waals surface area contributed by atoms with Crippen molar-refractivity contribution >= 4 is 34.3 Å². The number of primary amides is 1. The van der Waals surface area contributed by atoms with Gasteiger partial charge in [0.05, 0.1) is 24.6 Å². The molecule has 3 amide bonds. The Hall–Kier alpha value is -4.34. The maximum absolute atomic E-state index is 13.6. The maximum Gasteiger partial charge on any atom is 0.272 e. The Kier molecular flexibility index (Phi) is 7.43. The summed E-state index contributed by atoms with van der Waals surface area (Å²) in [6.45, 7) is 7.82. The van der Waals surface area contributed by atoms with Crippen LogP contribution in [0.1, 0.15) is 50.2 Å². The molecule has 0 saturated carbocycles. The Labute approximate surface area is 220 Å². The van der Waals surface area contributed by atoms with Gasteiger partial charge in [-0.05, 0) is 41.7 Å². The monoisotopic (exact) mass is 518 g/mol. The minimum absolute atomic E-state index is 0.221. The number of rotatable bonds is 8. The van der Waals surface area contributed by atoms with Gasteiger partial charge in [-0.25, -0.2) is 9.38 Å². The normalized spacial score (nSPS) is 14.4. The number of carbonyl (C=O) groups excluding carboxylic acids is 3. The van der Waals surface area contributed by atoms with Gasteiger partial charge in [-0.1, -0.05) is 51.1 Å². The number of nitrogens with zero attached hydrogens (tertiary/aromatic N) is 3. The highest BCUT2D eigenvalue weighted by atomic mass is 19.1. The number of aliphatic imine (C=N–C) groups is 1. The SMILES string of the molecule is CC1=C(C(=O)NCC(N)=O)N=C(C(NC(=O)c2nn(Cc3ccc(F)cc3)c3ccccc23)C(C)(C)C)C1. The summed E-state index contributed by atoms with van der Waals surface area (Å²) >= 11 is 0. The van der Waals surface area contributed by atoms with Crippen molar-refractivity contribution in [2.24, 2.45) is 16.1 Å².